The van der Waals surface area contributed by atoms with Crippen LogP contribution in [0.3, 0.4) is 0 Å². The maximum Gasteiger partial charge on any atom is 0.212 e. The monoisotopic (exact) mass is 1240 g/mol. The highest BCUT2D eigenvalue weighted by Crippen LogP contribution is 2.62. The summed E-state index contributed by atoms with van der Waals surface area (Å²) < 4.78 is 20.2. The van der Waals surface area contributed by atoms with E-state index in [9.17, 15) is 4.39 Å². The zero-order chi connectivity index (χ0) is 64.7. The van der Waals surface area contributed by atoms with Crippen LogP contribution in [-0.2, 0) is 37.4 Å². The fraction of sp³-hybridized carbons (Fsp3) is 0.250. The molecule has 18 rings (SSSR count). The lowest BCUT2D eigenvalue weighted by atomic mass is 9.75. The van der Waals surface area contributed by atoms with Crippen molar-refractivity contribution in [1.82, 2.24) is 15.0 Å². The number of hydrogen-bond acceptors (Lipinski definition) is 3. The van der Waals surface area contributed by atoms with Gasteiger partial charge in [-0.2, -0.15) is 0 Å². The molecule has 0 amide bonds. The highest BCUT2D eigenvalue weighted by molar-refractivity contribution is 5.91. The standard InChI is InChI=1S/C30H29N2.C29H26FN2.C29H27N2/c1-20-8-11-22(12-9-20)23-13-15-26(32(3)19-23)27-21(2)10-14-24-25-7-6-18-31-29(25)30(28(24)27)16-4-5-17-30;1-19-7-13-23-24-6-5-17-31-28(24)29(15-3-4-16-29)27(23)26(19)25-14-10-21(18-32(25)2)20-8-11-22(30)12-9-20;1-20-12-14-23-24-11-8-18-30-28(24)29(16-6-7-17-29)27(23)26(20)25-15-13-22(19-31(25)2)21-9-4-3-5-10-21/h6-15,18-19H,4-5,16-17H2,1-3H3;5-14,17-18H,3-4,15-16H2,1-2H3;3-5,8-15,18-19H,6-7,16-17H2,1-2H3/q3*+1. The van der Waals surface area contributed by atoms with E-state index in [4.69, 9.17) is 15.0 Å². The van der Waals surface area contributed by atoms with Crippen LogP contribution < -0.4 is 13.7 Å². The van der Waals surface area contributed by atoms with Crippen molar-refractivity contribution in [3.63, 3.8) is 0 Å². The molecule has 3 fully saturated rings. The minimum atomic E-state index is -0.208. The molecule has 95 heavy (non-hydrogen) atoms. The van der Waals surface area contributed by atoms with E-state index >= 15 is 0 Å². The second kappa shape index (κ2) is 23.9. The number of fused-ring (bicyclic) bond motifs is 15. The van der Waals surface area contributed by atoms with Gasteiger partial charge in [0.1, 0.15) is 27.0 Å². The van der Waals surface area contributed by atoms with Crippen molar-refractivity contribution in [2.75, 3.05) is 0 Å². The number of aryl methyl sites for hydroxylation is 7. The Bertz CT molecular complexity index is 4780. The normalized spacial score (nSPS) is 15.7. The molecule has 6 heterocycles. The van der Waals surface area contributed by atoms with E-state index in [0.717, 1.165) is 24.0 Å². The first-order chi connectivity index (χ1) is 46.4. The van der Waals surface area contributed by atoms with Crippen LogP contribution in [0, 0.1) is 33.5 Å². The van der Waals surface area contributed by atoms with Crippen molar-refractivity contribution in [3.05, 3.63) is 287 Å². The maximum atomic E-state index is 13.4. The smallest absolute Gasteiger partial charge is 0.212 e. The first kappa shape index (κ1) is 60.1. The van der Waals surface area contributed by atoms with Crippen LogP contribution in [-0.4, -0.2) is 15.0 Å². The Labute approximate surface area is 559 Å². The molecular formula is C88H82FN6+3. The topological polar surface area (TPSA) is 50.3 Å². The molecule has 0 saturated heterocycles. The van der Waals surface area contributed by atoms with E-state index in [2.05, 4.69) is 245 Å². The maximum absolute atomic E-state index is 13.4. The van der Waals surface area contributed by atoms with Crippen molar-refractivity contribution in [2.45, 2.75) is 121 Å². The van der Waals surface area contributed by atoms with Gasteiger partial charge in [0.2, 0.25) is 17.1 Å². The molecule has 0 N–H and O–H groups in total. The highest BCUT2D eigenvalue weighted by Gasteiger charge is 2.52. The molecule has 468 valence electrons. The fourth-order valence-electron chi connectivity index (χ4n) is 18.2. The lowest BCUT2D eigenvalue weighted by molar-refractivity contribution is -0.660. The number of pyridine rings is 6. The molecular weight excluding hydrogens is 1160 g/mol. The van der Waals surface area contributed by atoms with Crippen LogP contribution in [0.2, 0.25) is 0 Å². The molecule has 6 aromatic heterocycles. The minimum Gasteiger partial charge on any atom is -0.260 e. The summed E-state index contributed by atoms with van der Waals surface area (Å²) in [5.41, 5.74) is 37.0. The third-order valence-corrected chi connectivity index (χ3v) is 22.5. The second-order valence-electron chi connectivity index (χ2n) is 28.1. The van der Waals surface area contributed by atoms with Crippen molar-refractivity contribution >= 4 is 0 Å². The van der Waals surface area contributed by atoms with Gasteiger partial charge in [0.25, 0.3) is 0 Å². The average Bonchev–Trinajstić information content (AvgIpc) is 1.57. The number of rotatable bonds is 6. The highest BCUT2D eigenvalue weighted by atomic mass is 19.1. The number of halogens is 1. The first-order valence-electron chi connectivity index (χ1n) is 34.5. The van der Waals surface area contributed by atoms with Gasteiger partial charge >= 0.3 is 0 Å². The average molecular weight is 1240 g/mol. The molecule has 6 aromatic carbocycles. The Hall–Kier alpha value is -9.85. The molecule has 0 atom stereocenters. The molecule has 6 nitrogen and oxygen atoms in total. The van der Waals surface area contributed by atoms with Crippen LogP contribution in [0.15, 0.2) is 225 Å². The Morgan fingerprint density at radius 3 is 0.937 bits per heavy atom. The number of benzene rings is 6. The molecule has 3 spiro atoms. The van der Waals surface area contributed by atoms with Crippen molar-refractivity contribution < 1.29 is 18.1 Å². The van der Waals surface area contributed by atoms with Crippen LogP contribution in [0.4, 0.5) is 4.39 Å². The van der Waals surface area contributed by atoms with Crippen molar-refractivity contribution in [3.8, 4) is 101 Å². The Morgan fingerprint density at radius 2 is 0.611 bits per heavy atom. The predicted octanol–water partition coefficient (Wildman–Crippen LogP) is 19.6. The van der Waals surface area contributed by atoms with E-state index in [1.54, 1.807) is 0 Å². The molecule has 0 aliphatic heterocycles. The summed E-state index contributed by atoms with van der Waals surface area (Å²) in [6.45, 7) is 8.89. The summed E-state index contributed by atoms with van der Waals surface area (Å²) in [6, 6.07) is 66.5. The third kappa shape index (κ3) is 9.85. The Morgan fingerprint density at radius 1 is 0.305 bits per heavy atom. The van der Waals surface area contributed by atoms with E-state index in [1.165, 1.54) is 222 Å². The van der Waals surface area contributed by atoms with Gasteiger partial charge in [-0.1, -0.05) is 165 Å². The molecule has 0 bridgehead atoms. The van der Waals surface area contributed by atoms with Gasteiger partial charge in [-0.05, 0) is 182 Å². The summed E-state index contributed by atoms with van der Waals surface area (Å²) in [4.78, 5) is 14.8. The van der Waals surface area contributed by atoms with Crippen molar-refractivity contribution in [1.29, 1.82) is 0 Å². The molecule has 3 saturated carbocycles. The lowest BCUT2D eigenvalue weighted by Crippen LogP contribution is -2.32. The summed E-state index contributed by atoms with van der Waals surface area (Å²) in [6.07, 6.45) is 27.4. The summed E-state index contributed by atoms with van der Waals surface area (Å²) >= 11 is 0. The van der Waals surface area contributed by atoms with Gasteiger partial charge in [0, 0.05) is 86.4 Å². The molecule has 7 heteroatoms. The molecule has 6 aliphatic rings. The zero-order valence-corrected chi connectivity index (χ0v) is 55.9. The van der Waals surface area contributed by atoms with E-state index in [1.807, 2.05) is 30.7 Å². The van der Waals surface area contributed by atoms with Gasteiger partial charge in [-0.3, -0.25) is 15.0 Å². The number of nitrogens with zero attached hydrogens (tertiary/aromatic N) is 6. The number of aromatic nitrogens is 6. The van der Waals surface area contributed by atoms with Crippen LogP contribution in [0.25, 0.3) is 101 Å². The van der Waals surface area contributed by atoms with Gasteiger partial charge in [-0.25, -0.2) is 18.1 Å². The number of hydrogen-bond donors (Lipinski definition) is 0. The van der Waals surface area contributed by atoms with Crippen LogP contribution in [0.1, 0.15) is 133 Å². The van der Waals surface area contributed by atoms with Gasteiger partial charge in [0.15, 0.2) is 18.6 Å². The third-order valence-electron chi connectivity index (χ3n) is 22.5. The van der Waals surface area contributed by atoms with E-state index in [0.29, 0.717) is 0 Å². The van der Waals surface area contributed by atoms with Crippen molar-refractivity contribution in [2.24, 2.45) is 21.1 Å². The first-order valence-corrected chi connectivity index (χ1v) is 34.5. The largest absolute Gasteiger partial charge is 0.260 e. The Balaban J connectivity index is 0.000000112. The minimum absolute atomic E-state index is 0.0237. The summed E-state index contributed by atoms with van der Waals surface area (Å²) in [5, 5.41) is 0. The van der Waals surface area contributed by atoms with Gasteiger partial charge in [-0.15, -0.1) is 0 Å². The van der Waals surface area contributed by atoms with E-state index < -0.39 is 0 Å². The zero-order valence-electron chi connectivity index (χ0n) is 55.9. The van der Waals surface area contributed by atoms with Gasteiger partial charge < -0.3 is 0 Å². The molecule has 0 unspecified atom stereocenters. The molecule has 12 aromatic rings. The summed E-state index contributed by atoms with van der Waals surface area (Å²) in [5.74, 6) is -0.208. The van der Waals surface area contributed by atoms with Crippen LogP contribution >= 0.6 is 0 Å². The lowest BCUT2D eigenvalue weighted by Gasteiger charge is -2.27. The summed E-state index contributed by atoms with van der Waals surface area (Å²) in [7, 11) is 6.48. The quantitative estimate of drug-likeness (QED) is 0.156. The molecule has 6 aliphatic carbocycles. The predicted molar refractivity (Wildman–Crippen MR) is 382 cm³/mol. The van der Waals surface area contributed by atoms with Crippen LogP contribution in [0.5, 0.6) is 0 Å². The second-order valence-corrected chi connectivity index (χ2v) is 28.1. The fourth-order valence-corrected chi connectivity index (χ4v) is 18.2. The Kier molecular flexibility index (Phi) is 15.1. The molecule has 0 radical (unpaired) electrons. The van der Waals surface area contributed by atoms with Gasteiger partial charge in [0.05, 0.1) is 33.8 Å². The SMILES string of the molecule is Cc1ccc(-c2ccc(-c3c(C)ccc4c3C3(CCCC3)c3ncccc3-4)[n+](C)c2)cc1.Cc1ccc2c(c1-c1ccc(-c3ccc(F)cc3)c[n+]1C)C1(CCCC1)c1ncccc1-2.Cc1ccc2c(c1-c1ccc(-c3ccccc3)c[n+]1C)C1(CCCC1)c1ncccc1-2. The van der Waals surface area contributed by atoms with E-state index in [-0.39, 0.29) is 22.1 Å².